The van der Waals surface area contributed by atoms with Crippen LogP contribution >= 0.6 is 0 Å². The monoisotopic (exact) mass is 176 g/mol. The zero-order chi connectivity index (χ0) is 9.26. The van der Waals surface area contributed by atoms with Crippen molar-refractivity contribution in [2.45, 2.75) is 0 Å². The normalized spacial score (nSPS) is 24.6. The number of aliphatic imine (C=N–C) groups is 1. The number of hydrogen-bond donors (Lipinski definition) is 0. The first-order valence-electron chi connectivity index (χ1n) is 3.75. The second kappa shape index (κ2) is 3.06. The Morgan fingerprint density at radius 2 is 2.15 bits per heavy atom. The van der Waals surface area contributed by atoms with Crippen molar-refractivity contribution in [3.8, 4) is 12.4 Å². The summed E-state index contributed by atoms with van der Waals surface area (Å²) < 4.78 is 10.3. The molecule has 3 fully saturated rings. The average molecular weight is 176 g/mol. The lowest BCUT2D eigenvalue weighted by Gasteiger charge is -2.38. The van der Waals surface area contributed by atoms with Crippen LogP contribution < -0.4 is 0 Å². The highest BCUT2D eigenvalue weighted by Crippen LogP contribution is 2.22. The van der Waals surface area contributed by atoms with Crippen LogP contribution in [0.1, 0.15) is 0 Å². The van der Waals surface area contributed by atoms with Crippen LogP contribution in [0.4, 0.5) is 0 Å². The van der Waals surface area contributed by atoms with Crippen molar-refractivity contribution in [2.75, 3.05) is 13.2 Å². The van der Waals surface area contributed by atoms with Gasteiger partial charge in [0.05, 0.1) is 5.92 Å². The van der Waals surface area contributed by atoms with E-state index in [-0.39, 0.29) is 5.92 Å². The van der Waals surface area contributed by atoms with Crippen LogP contribution in [0, 0.1) is 28.8 Å². The van der Waals surface area contributed by atoms with E-state index in [1.807, 2.05) is 6.19 Å². The van der Waals surface area contributed by atoms with Gasteiger partial charge >= 0.3 is 7.25 Å². The summed E-state index contributed by atoms with van der Waals surface area (Å²) in [6, 6.07) is 0. The van der Waals surface area contributed by atoms with Crippen LogP contribution in [0.2, 0.25) is 0 Å². The Bertz CT molecular complexity index is 323. The molecule has 2 bridgehead atoms. The van der Waals surface area contributed by atoms with E-state index in [2.05, 4.69) is 4.99 Å². The van der Waals surface area contributed by atoms with E-state index in [4.69, 9.17) is 19.8 Å². The molecule has 0 aromatic rings. The van der Waals surface area contributed by atoms with E-state index >= 15 is 0 Å². The van der Waals surface area contributed by atoms with Crippen molar-refractivity contribution in [1.29, 1.82) is 10.5 Å². The van der Waals surface area contributed by atoms with Gasteiger partial charge in [0.15, 0.2) is 6.19 Å². The number of fused-ring (bicyclic) bond motifs is 3. The molecule has 64 valence electrons. The average Bonchev–Trinajstić information content (AvgIpc) is 2.20. The zero-order valence-corrected chi connectivity index (χ0v) is 6.67. The number of amidine groups is 1. The molecule has 0 N–H and O–H groups in total. The Morgan fingerprint density at radius 3 is 2.69 bits per heavy atom. The molecule has 0 aromatic heterocycles. The van der Waals surface area contributed by atoms with Gasteiger partial charge in [-0.25, -0.2) is 0 Å². The predicted molar refractivity (Wildman–Crippen MR) is 41.6 cm³/mol. The van der Waals surface area contributed by atoms with Crippen molar-refractivity contribution in [3.63, 3.8) is 0 Å². The Hall–Kier alpha value is -1.57. The van der Waals surface area contributed by atoms with Gasteiger partial charge in [-0.2, -0.15) is 15.5 Å². The summed E-state index contributed by atoms with van der Waals surface area (Å²) in [4.78, 5) is 4.77. The number of nitriles is 2. The molecule has 0 unspecified atom stereocenters. The molecule has 3 heterocycles. The van der Waals surface area contributed by atoms with E-state index in [1.165, 1.54) is 4.81 Å². The van der Waals surface area contributed by atoms with Crippen molar-refractivity contribution in [3.05, 3.63) is 0 Å². The maximum Gasteiger partial charge on any atom is 0.608 e. The second-order valence-corrected chi connectivity index (χ2v) is 2.71. The second-order valence-electron chi connectivity index (χ2n) is 2.71. The fraction of sp³-hybridized carbons (Fsp3) is 0.500. The standard InChI is InChI=1S/C6H5BN4O2/c8-3-10-6-5-1-12-7(13-2-5)11(6)4-9/h5H,1-2H2/b10-6+. The van der Waals surface area contributed by atoms with Gasteiger partial charge in [0.1, 0.15) is 5.84 Å². The molecule has 3 rings (SSSR count). The molecule has 3 aliphatic rings. The van der Waals surface area contributed by atoms with Crippen molar-refractivity contribution in [1.82, 2.24) is 4.81 Å². The molecule has 0 amide bonds. The highest BCUT2D eigenvalue weighted by molar-refractivity contribution is 6.47. The highest BCUT2D eigenvalue weighted by atomic mass is 16.6. The third-order valence-corrected chi connectivity index (χ3v) is 1.98. The summed E-state index contributed by atoms with van der Waals surface area (Å²) in [7, 11) is -0.693. The molecule has 0 spiro atoms. The van der Waals surface area contributed by atoms with Gasteiger partial charge in [-0.3, -0.25) is 4.81 Å². The number of rotatable bonds is 0. The lowest BCUT2D eigenvalue weighted by molar-refractivity contribution is 0.0665. The minimum absolute atomic E-state index is 0.0932. The Morgan fingerprint density at radius 1 is 1.46 bits per heavy atom. The zero-order valence-electron chi connectivity index (χ0n) is 6.67. The first-order valence-corrected chi connectivity index (χ1v) is 3.75. The smallest absolute Gasteiger partial charge is 0.390 e. The molecule has 3 aliphatic heterocycles. The first kappa shape index (κ1) is 8.05. The van der Waals surface area contributed by atoms with Crippen LogP contribution in [-0.2, 0) is 9.31 Å². The summed E-state index contributed by atoms with van der Waals surface area (Å²) in [5.74, 6) is 0.358. The molecule has 3 saturated heterocycles. The van der Waals surface area contributed by atoms with Gasteiger partial charge in [0.25, 0.3) is 0 Å². The summed E-state index contributed by atoms with van der Waals surface area (Å²) in [6.45, 7) is 0.923. The van der Waals surface area contributed by atoms with Crippen molar-refractivity contribution >= 4 is 13.1 Å². The summed E-state index contributed by atoms with van der Waals surface area (Å²) in [5, 5.41) is 17.1. The Balaban J connectivity index is 2.31. The van der Waals surface area contributed by atoms with Gasteiger partial charge in [-0.05, 0) is 0 Å². The fourth-order valence-electron chi connectivity index (χ4n) is 1.39. The third kappa shape index (κ3) is 1.15. The van der Waals surface area contributed by atoms with Crippen LogP contribution in [0.15, 0.2) is 4.99 Å². The van der Waals surface area contributed by atoms with Gasteiger partial charge < -0.3 is 9.31 Å². The van der Waals surface area contributed by atoms with Crippen LogP contribution in [0.5, 0.6) is 0 Å². The third-order valence-electron chi connectivity index (χ3n) is 1.98. The van der Waals surface area contributed by atoms with E-state index in [0.29, 0.717) is 19.0 Å². The molecule has 6 nitrogen and oxygen atoms in total. The van der Waals surface area contributed by atoms with Gasteiger partial charge in [-0.1, -0.05) is 0 Å². The summed E-state index contributed by atoms with van der Waals surface area (Å²) >= 11 is 0. The maximum atomic E-state index is 8.74. The maximum absolute atomic E-state index is 8.74. The quantitative estimate of drug-likeness (QED) is 0.360. The SMILES string of the molecule is N#C/N=C1\C2COB(OC2)N1C#N. The van der Waals surface area contributed by atoms with Crippen LogP contribution in [-0.4, -0.2) is 31.1 Å². The van der Waals surface area contributed by atoms with Crippen LogP contribution in [0.25, 0.3) is 0 Å². The number of nitrogens with zero attached hydrogens (tertiary/aromatic N) is 4. The molecule has 0 aliphatic carbocycles. The fourth-order valence-corrected chi connectivity index (χ4v) is 1.39. The Kier molecular flexibility index (Phi) is 1.89. The van der Waals surface area contributed by atoms with Gasteiger partial charge in [0.2, 0.25) is 6.19 Å². The molecule has 7 heteroatoms. The van der Waals surface area contributed by atoms with Crippen molar-refractivity contribution < 1.29 is 9.31 Å². The van der Waals surface area contributed by atoms with Gasteiger partial charge in [-0.15, -0.1) is 0 Å². The molecule has 0 aromatic carbocycles. The molecule has 0 radical (unpaired) electrons. The highest BCUT2D eigenvalue weighted by Gasteiger charge is 2.46. The predicted octanol–water partition coefficient (Wildman–Crippen LogP) is -0.689. The molecular formula is C6H5BN4O2. The summed E-state index contributed by atoms with van der Waals surface area (Å²) in [5.41, 5.74) is 0. The molecule has 13 heavy (non-hydrogen) atoms. The molecule has 0 saturated carbocycles. The first-order chi connectivity index (χ1) is 6.36. The van der Waals surface area contributed by atoms with E-state index in [0.717, 1.165) is 0 Å². The topological polar surface area (TPSA) is 81.6 Å². The summed E-state index contributed by atoms with van der Waals surface area (Å²) in [6.07, 6.45) is 3.54. The van der Waals surface area contributed by atoms with E-state index in [1.54, 1.807) is 6.19 Å². The minimum Gasteiger partial charge on any atom is -0.390 e. The van der Waals surface area contributed by atoms with Crippen LogP contribution in [0.3, 0.4) is 0 Å². The molecule has 0 atom stereocenters. The Labute approximate surface area is 75.1 Å². The minimum atomic E-state index is -0.693. The van der Waals surface area contributed by atoms with Gasteiger partial charge in [0, 0.05) is 13.2 Å². The lowest BCUT2D eigenvalue weighted by Crippen LogP contribution is -2.60. The van der Waals surface area contributed by atoms with E-state index in [9.17, 15) is 0 Å². The molecular weight excluding hydrogens is 171 g/mol. The number of hydrogen-bond acceptors (Lipinski definition) is 5. The van der Waals surface area contributed by atoms with Crippen molar-refractivity contribution in [2.24, 2.45) is 10.9 Å². The largest absolute Gasteiger partial charge is 0.608 e. The van der Waals surface area contributed by atoms with E-state index < -0.39 is 7.25 Å². The lowest BCUT2D eigenvalue weighted by atomic mass is 9.91.